The first kappa shape index (κ1) is 17.3. The van der Waals surface area contributed by atoms with E-state index in [4.69, 9.17) is 15.2 Å². The fourth-order valence-electron chi connectivity index (χ4n) is 2.79. The number of piperidine rings is 1. The van der Waals surface area contributed by atoms with Gasteiger partial charge >= 0.3 is 0 Å². The van der Waals surface area contributed by atoms with Gasteiger partial charge in [0.15, 0.2) is 0 Å². The molecule has 1 saturated heterocycles. The van der Waals surface area contributed by atoms with Crippen molar-refractivity contribution in [2.75, 3.05) is 20.3 Å². The standard InChI is InChI=1S/C17H24N2O4/c1-12-6-7-14(17(18)21)9-19(12)16(20)11-23-10-13-4-3-5-15(8-13)22-2/h3-5,8,12,14H,6-7,9-11H2,1-2H3,(H2,18,21)/t12-,14-/m1/s1. The van der Waals surface area contributed by atoms with Crippen LogP contribution < -0.4 is 10.5 Å². The lowest BCUT2D eigenvalue weighted by Gasteiger charge is -2.36. The van der Waals surface area contributed by atoms with Crippen LogP contribution in [0.4, 0.5) is 0 Å². The molecule has 1 aromatic carbocycles. The molecule has 6 nitrogen and oxygen atoms in total. The van der Waals surface area contributed by atoms with Crippen LogP contribution in [0.5, 0.6) is 5.75 Å². The van der Waals surface area contributed by atoms with Gasteiger partial charge in [-0.2, -0.15) is 0 Å². The topological polar surface area (TPSA) is 81.9 Å². The number of carbonyl (C=O) groups is 2. The van der Waals surface area contributed by atoms with E-state index in [1.165, 1.54) is 0 Å². The minimum absolute atomic E-state index is 0.00691. The van der Waals surface area contributed by atoms with Crippen LogP contribution in [0.1, 0.15) is 25.3 Å². The SMILES string of the molecule is COc1cccc(COCC(=O)N2C[C@H](C(N)=O)CC[C@H]2C)c1. The second-order valence-corrected chi connectivity index (χ2v) is 5.92. The maximum Gasteiger partial charge on any atom is 0.248 e. The number of carbonyl (C=O) groups excluding carboxylic acids is 2. The molecule has 2 N–H and O–H groups in total. The minimum Gasteiger partial charge on any atom is -0.497 e. The molecule has 23 heavy (non-hydrogen) atoms. The van der Waals surface area contributed by atoms with E-state index in [9.17, 15) is 9.59 Å². The normalized spacial score (nSPS) is 21.0. The van der Waals surface area contributed by atoms with Gasteiger partial charge in [-0.25, -0.2) is 0 Å². The van der Waals surface area contributed by atoms with Crippen LogP contribution in [-0.2, 0) is 20.9 Å². The molecular formula is C17H24N2O4. The van der Waals surface area contributed by atoms with E-state index in [1.54, 1.807) is 12.0 Å². The summed E-state index contributed by atoms with van der Waals surface area (Å²) in [6, 6.07) is 7.63. The number of ether oxygens (including phenoxy) is 2. The number of hydrogen-bond acceptors (Lipinski definition) is 4. The van der Waals surface area contributed by atoms with Crippen LogP contribution in [0.25, 0.3) is 0 Å². The van der Waals surface area contributed by atoms with Gasteiger partial charge in [0, 0.05) is 12.6 Å². The van der Waals surface area contributed by atoms with Gasteiger partial charge in [0.1, 0.15) is 12.4 Å². The molecule has 6 heteroatoms. The van der Waals surface area contributed by atoms with Gasteiger partial charge < -0.3 is 20.1 Å². The molecule has 1 aromatic rings. The third kappa shape index (κ3) is 4.69. The van der Waals surface area contributed by atoms with Crippen molar-refractivity contribution in [1.82, 2.24) is 4.90 Å². The highest BCUT2D eigenvalue weighted by atomic mass is 16.5. The lowest BCUT2D eigenvalue weighted by atomic mass is 9.93. The Hall–Kier alpha value is -2.08. The summed E-state index contributed by atoms with van der Waals surface area (Å²) in [5.41, 5.74) is 6.30. The van der Waals surface area contributed by atoms with Gasteiger partial charge in [-0.05, 0) is 37.5 Å². The second-order valence-electron chi connectivity index (χ2n) is 5.92. The number of rotatable bonds is 6. The van der Waals surface area contributed by atoms with Crippen molar-refractivity contribution >= 4 is 11.8 Å². The lowest BCUT2D eigenvalue weighted by Crippen LogP contribution is -2.49. The highest BCUT2D eigenvalue weighted by molar-refractivity contribution is 5.81. The monoisotopic (exact) mass is 320 g/mol. The van der Waals surface area contributed by atoms with Crippen LogP contribution in [0.3, 0.4) is 0 Å². The van der Waals surface area contributed by atoms with Crippen LogP contribution >= 0.6 is 0 Å². The summed E-state index contributed by atoms with van der Waals surface area (Å²) >= 11 is 0. The van der Waals surface area contributed by atoms with E-state index in [1.807, 2.05) is 31.2 Å². The average molecular weight is 320 g/mol. The molecule has 0 radical (unpaired) electrons. The van der Waals surface area contributed by atoms with Crippen LogP contribution in [0.2, 0.25) is 0 Å². The molecule has 1 aliphatic heterocycles. The van der Waals surface area contributed by atoms with Crippen molar-refractivity contribution in [3.05, 3.63) is 29.8 Å². The number of methoxy groups -OCH3 is 1. The Kier molecular flexibility index (Phi) is 5.98. The fourth-order valence-corrected chi connectivity index (χ4v) is 2.79. The molecule has 1 aliphatic rings. The van der Waals surface area contributed by atoms with Gasteiger partial charge in [0.2, 0.25) is 11.8 Å². The van der Waals surface area contributed by atoms with Crippen molar-refractivity contribution in [2.45, 2.75) is 32.4 Å². The molecule has 0 spiro atoms. The van der Waals surface area contributed by atoms with Gasteiger partial charge in [0.25, 0.3) is 0 Å². The number of hydrogen-bond donors (Lipinski definition) is 1. The molecule has 2 atom stereocenters. The molecular weight excluding hydrogens is 296 g/mol. The smallest absolute Gasteiger partial charge is 0.248 e. The van der Waals surface area contributed by atoms with Crippen molar-refractivity contribution in [2.24, 2.45) is 11.7 Å². The third-order valence-electron chi connectivity index (χ3n) is 4.23. The summed E-state index contributed by atoms with van der Waals surface area (Å²) in [7, 11) is 1.61. The Labute approximate surface area is 136 Å². The highest BCUT2D eigenvalue weighted by Crippen LogP contribution is 2.22. The summed E-state index contributed by atoms with van der Waals surface area (Å²) in [5.74, 6) is 0.0539. The number of primary amides is 1. The molecule has 0 aromatic heterocycles. The number of nitrogens with zero attached hydrogens (tertiary/aromatic N) is 1. The fraction of sp³-hybridized carbons (Fsp3) is 0.529. The van der Waals surface area contributed by atoms with Crippen LogP contribution in [0, 0.1) is 5.92 Å². The van der Waals surface area contributed by atoms with E-state index in [0.29, 0.717) is 13.2 Å². The number of benzene rings is 1. The van der Waals surface area contributed by atoms with E-state index >= 15 is 0 Å². The van der Waals surface area contributed by atoms with Crippen molar-refractivity contribution in [3.63, 3.8) is 0 Å². The quantitative estimate of drug-likeness (QED) is 0.857. The van der Waals surface area contributed by atoms with Gasteiger partial charge in [-0.1, -0.05) is 12.1 Å². The molecule has 2 rings (SSSR count). The molecule has 0 saturated carbocycles. The zero-order valence-corrected chi connectivity index (χ0v) is 13.7. The Bertz CT molecular complexity index is 561. The van der Waals surface area contributed by atoms with E-state index in [2.05, 4.69) is 0 Å². The maximum atomic E-state index is 12.3. The van der Waals surface area contributed by atoms with Crippen molar-refractivity contribution in [3.8, 4) is 5.75 Å². The summed E-state index contributed by atoms with van der Waals surface area (Å²) in [6.07, 6.45) is 1.53. The molecule has 2 amide bonds. The Morgan fingerprint density at radius 1 is 1.35 bits per heavy atom. The largest absolute Gasteiger partial charge is 0.497 e. The maximum absolute atomic E-state index is 12.3. The highest BCUT2D eigenvalue weighted by Gasteiger charge is 2.31. The van der Waals surface area contributed by atoms with E-state index < -0.39 is 0 Å². The molecule has 1 heterocycles. The van der Waals surface area contributed by atoms with Crippen molar-refractivity contribution < 1.29 is 19.1 Å². The molecule has 0 bridgehead atoms. The zero-order chi connectivity index (χ0) is 16.8. The number of amides is 2. The number of nitrogens with two attached hydrogens (primary N) is 1. The average Bonchev–Trinajstić information content (AvgIpc) is 2.55. The van der Waals surface area contributed by atoms with Crippen LogP contribution in [-0.4, -0.2) is 43.0 Å². The summed E-state index contributed by atoms with van der Waals surface area (Å²) in [6.45, 7) is 2.70. The predicted octanol–water partition coefficient (Wildman–Crippen LogP) is 1.32. The van der Waals surface area contributed by atoms with Gasteiger partial charge in [0.05, 0.1) is 19.6 Å². The molecule has 0 aliphatic carbocycles. The summed E-state index contributed by atoms with van der Waals surface area (Å²) < 4.78 is 10.7. The van der Waals surface area contributed by atoms with Gasteiger partial charge in [-0.15, -0.1) is 0 Å². The van der Waals surface area contributed by atoms with Crippen LogP contribution in [0.15, 0.2) is 24.3 Å². The Morgan fingerprint density at radius 3 is 2.83 bits per heavy atom. The number of likely N-dealkylation sites (tertiary alicyclic amines) is 1. The first-order chi connectivity index (χ1) is 11.0. The Balaban J connectivity index is 1.84. The first-order valence-electron chi connectivity index (χ1n) is 7.80. The summed E-state index contributed by atoms with van der Waals surface area (Å²) in [4.78, 5) is 25.3. The zero-order valence-electron chi connectivity index (χ0n) is 13.7. The van der Waals surface area contributed by atoms with Gasteiger partial charge in [-0.3, -0.25) is 9.59 Å². The first-order valence-corrected chi connectivity index (χ1v) is 7.80. The Morgan fingerprint density at radius 2 is 2.13 bits per heavy atom. The van der Waals surface area contributed by atoms with E-state index in [0.717, 1.165) is 24.2 Å². The second kappa shape index (κ2) is 7.97. The third-order valence-corrected chi connectivity index (χ3v) is 4.23. The molecule has 1 fully saturated rings. The molecule has 126 valence electrons. The lowest BCUT2D eigenvalue weighted by molar-refractivity contribution is -0.142. The summed E-state index contributed by atoms with van der Waals surface area (Å²) in [5, 5.41) is 0. The molecule has 0 unspecified atom stereocenters. The van der Waals surface area contributed by atoms with E-state index in [-0.39, 0.29) is 30.4 Å². The minimum atomic E-state index is -0.341. The predicted molar refractivity (Wildman–Crippen MR) is 85.7 cm³/mol. The van der Waals surface area contributed by atoms with Crippen molar-refractivity contribution in [1.29, 1.82) is 0 Å².